The van der Waals surface area contributed by atoms with Crippen molar-refractivity contribution in [3.05, 3.63) is 65.6 Å². The third-order valence-corrected chi connectivity index (χ3v) is 4.28. The Bertz CT molecular complexity index is 752. The van der Waals surface area contributed by atoms with Gasteiger partial charge in [-0.25, -0.2) is 0 Å². The fourth-order valence-corrected chi connectivity index (χ4v) is 3.23. The Morgan fingerprint density at radius 1 is 1.05 bits per heavy atom. The third kappa shape index (κ3) is 2.17. The number of pyridine rings is 1. The second-order valence-corrected chi connectivity index (χ2v) is 5.70. The van der Waals surface area contributed by atoms with Crippen molar-refractivity contribution in [2.24, 2.45) is 0 Å². The monoisotopic (exact) mass is 291 g/mol. The predicted octanol–water partition coefficient (Wildman–Crippen LogP) is 3.67. The van der Waals surface area contributed by atoms with Crippen LogP contribution in [0.1, 0.15) is 30.9 Å². The molecule has 0 spiro atoms. The molecule has 0 bridgehead atoms. The molecule has 4 nitrogen and oxygen atoms in total. The molecule has 0 saturated carbocycles. The van der Waals surface area contributed by atoms with E-state index in [0.29, 0.717) is 6.42 Å². The highest BCUT2D eigenvalue weighted by molar-refractivity contribution is 6.00. The molecule has 110 valence electrons. The van der Waals surface area contributed by atoms with Gasteiger partial charge in [-0.3, -0.25) is 9.78 Å². The molecule has 1 aliphatic carbocycles. The Morgan fingerprint density at radius 3 is 2.73 bits per heavy atom. The van der Waals surface area contributed by atoms with Crippen molar-refractivity contribution in [2.45, 2.75) is 25.3 Å². The summed E-state index contributed by atoms with van der Waals surface area (Å²) in [5.41, 5.74) is 4.95. The van der Waals surface area contributed by atoms with Gasteiger partial charge < -0.3 is 10.6 Å². The van der Waals surface area contributed by atoms with Crippen LogP contribution in [0.3, 0.4) is 0 Å². The number of nitrogens with zero attached hydrogens (tertiary/aromatic N) is 1. The van der Waals surface area contributed by atoms with E-state index in [9.17, 15) is 4.79 Å². The highest BCUT2D eigenvalue weighted by atomic mass is 16.1. The van der Waals surface area contributed by atoms with Crippen LogP contribution in [0.4, 0.5) is 11.4 Å². The number of allylic oxidation sites excluding steroid dienone is 1. The van der Waals surface area contributed by atoms with Crippen LogP contribution in [-0.4, -0.2) is 10.8 Å². The van der Waals surface area contributed by atoms with E-state index in [-0.39, 0.29) is 11.8 Å². The van der Waals surface area contributed by atoms with Crippen LogP contribution in [-0.2, 0) is 4.79 Å². The van der Waals surface area contributed by atoms with Gasteiger partial charge in [0.05, 0.1) is 17.4 Å². The molecular weight excluding hydrogens is 274 g/mol. The normalized spacial score (nSPS) is 20.4. The molecule has 0 fully saturated rings. The maximum absolute atomic E-state index is 12.6. The second kappa shape index (κ2) is 5.30. The number of rotatable bonds is 1. The highest BCUT2D eigenvalue weighted by Gasteiger charge is 2.31. The number of para-hydroxylation sites is 2. The fourth-order valence-electron chi connectivity index (χ4n) is 3.23. The molecule has 2 heterocycles. The number of nitrogens with one attached hydrogen (secondary N) is 2. The summed E-state index contributed by atoms with van der Waals surface area (Å²) < 4.78 is 0. The zero-order chi connectivity index (χ0) is 14.9. The minimum atomic E-state index is -0.146. The summed E-state index contributed by atoms with van der Waals surface area (Å²) in [7, 11) is 0. The average Bonchev–Trinajstić information content (AvgIpc) is 2.73. The van der Waals surface area contributed by atoms with Crippen molar-refractivity contribution < 1.29 is 4.79 Å². The second-order valence-electron chi connectivity index (χ2n) is 5.70. The zero-order valence-corrected chi connectivity index (χ0v) is 12.2. The lowest BCUT2D eigenvalue weighted by Gasteiger charge is -2.25. The molecule has 2 N–H and O–H groups in total. The van der Waals surface area contributed by atoms with Gasteiger partial charge in [-0.2, -0.15) is 0 Å². The number of carbonyl (C=O) groups excluding carboxylic acids is 1. The molecule has 0 saturated heterocycles. The van der Waals surface area contributed by atoms with Crippen molar-refractivity contribution >= 4 is 17.2 Å². The van der Waals surface area contributed by atoms with E-state index < -0.39 is 0 Å². The van der Waals surface area contributed by atoms with Crippen molar-refractivity contribution in [1.29, 1.82) is 0 Å². The number of benzene rings is 1. The van der Waals surface area contributed by atoms with Crippen molar-refractivity contribution in [3.8, 4) is 0 Å². The van der Waals surface area contributed by atoms with Gasteiger partial charge in [-0.05, 0) is 36.6 Å². The lowest BCUT2D eigenvalue weighted by atomic mass is 9.87. The third-order valence-electron chi connectivity index (χ3n) is 4.28. The van der Waals surface area contributed by atoms with E-state index in [1.54, 1.807) is 6.20 Å². The SMILES string of the molecule is O=C1CCCC2=C1[C@@H](c1cccnc1)Nc1ccccc1N2. The van der Waals surface area contributed by atoms with Crippen LogP contribution in [0.25, 0.3) is 0 Å². The summed E-state index contributed by atoms with van der Waals surface area (Å²) in [5, 5.41) is 6.99. The lowest BCUT2D eigenvalue weighted by molar-refractivity contribution is -0.116. The average molecular weight is 291 g/mol. The van der Waals surface area contributed by atoms with E-state index in [2.05, 4.69) is 15.6 Å². The maximum Gasteiger partial charge on any atom is 0.163 e. The quantitative estimate of drug-likeness (QED) is 0.841. The topological polar surface area (TPSA) is 54.0 Å². The number of carbonyl (C=O) groups is 1. The van der Waals surface area contributed by atoms with Gasteiger partial charge in [-0.1, -0.05) is 18.2 Å². The van der Waals surface area contributed by atoms with Crippen LogP contribution >= 0.6 is 0 Å². The van der Waals surface area contributed by atoms with Gasteiger partial charge >= 0.3 is 0 Å². The molecule has 2 aliphatic rings. The largest absolute Gasteiger partial charge is 0.372 e. The van der Waals surface area contributed by atoms with Crippen LogP contribution in [0.5, 0.6) is 0 Å². The molecule has 2 aromatic rings. The number of hydrogen-bond donors (Lipinski definition) is 2. The van der Waals surface area contributed by atoms with Gasteiger partial charge in [-0.15, -0.1) is 0 Å². The molecule has 4 heteroatoms. The maximum atomic E-state index is 12.6. The lowest BCUT2D eigenvalue weighted by Crippen LogP contribution is -2.23. The van der Waals surface area contributed by atoms with Crippen LogP contribution in [0.15, 0.2) is 60.1 Å². The Morgan fingerprint density at radius 2 is 1.91 bits per heavy atom. The molecular formula is C18H17N3O. The summed E-state index contributed by atoms with van der Waals surface area (Å²) in [5.74, 6) is 0.225. The number of hydrogen-bond acceptors (Lipinski definition) is 4. The van der Waals surface area contributed by atoms with Gasteiger partial charge in [0.2, 0.25) is 0 Å². The van der Waals surface area contributed by atoms with Crippen molar-refractivity contribution in [2.75, 3.05) is 10.6 Å². The van der Waals surface area contributed by atoms with Crippen molar-refractivity contribution in [1.82, 2.24) is 4.98 Å². The first kappa shape index (κ1) is 13.1. The first-order valence-electron chi connectivity index (χ1n) is 7.62. The minimum absolute atomic E-state index is 0.146. The number of fused-ring (bicyclic) bond motifs is 1. The van der Waals surface area contributed by atoms with Crippen LogP contribution in [0.2, 0.25) is 0 Å². The molecule has 0 unspecified atom stereocenters. The molecule has 0 amide bonds. The van der Waals surface area contributed by atoms with E-state index in [1.807, 2.05) is 42.6 Å². The number of anilines is 2. The predicted molar refractivity (Wildman–Crippen MR) is 86.5 cm³/mol. The van der Waals surface area contributed by atoms with Gasteiger partial charge in [0.15, 0.2) is 5.78 Å². The summed E-state index contributed by atoms with van der Waals surface area (Å²) in [4.78, 5) is 16.8. The first-order chi connectivity index (χ1) is 10.8. The Kier molecular flexibility index (Phi) is 3.15. The number of aromatic nitrogens is 1. The molecule has 0 radical (unpaired) electrons. The van der Waals surface area contributed by atoms with E-state index in [1.165, 1.54) is 0 Å². The summed E-state index contributed by atoms with van der Waals surface area (Å²) in [6.45, 7) is 0. The molecule has 1 aromatic carbocycles. The molecule has 1 aliphatic heterocycles. The van der Waals surface area contributed by atoms with Gasteiger partial charge in [0, 0.05) is 30.1 Å². The molecule has 1 atom stereocenters. The fraction of sp³-hybridized carbons (Fsp3) is 0.222. The first-order valence-corrected chi connectivity index (χ1v) is 7.62. The van der Waals surface area contributed by atoms with Crippen LogP contribution in [0, 0.1) is 0 Å². The molecule has 4 rings (SSSR count). The summed E-state index contributed by atoms with van der Waals surface area (Å²) in [6, 6.07) is 11.9. The molecule has 1 aromatic heterocycles. The summed E-state index contributed by atoms with van der Waals surface area (Å²) in [6.07, 6.45) is 6.03. The Balaban J connectivity index is 1.88. The van der Waals surface area contributed by atoms with E-state index >= 15 is 0 Å². The van der Waals surface area contributed by atoms with E-state index in [4.69, 9.17) is 0 Å². The highest BCUT2D eigenvalue weighted by Crippen LogP contribution is 2.40. The van der Waals surface area contributed by atoms with E-state index in [0.717, 1.165) is 41.1 Å². The minimum Gasteiger partial charge on any atom is -0.372 e. The van der Waals surface area contributed by atoms with Gasteiger partial charge in [0.25, 0.3) is 0 Å². The van der Waals surface area contributed by atoms with Crippen LogP contribution < -0.4 is 10.6 Å². The number of ketones is 1. The smallest absolute Gasteiger partial charge is 0.163 e. The number of Topliss-reactive ketones (excluding diaryl/α,β-unsaturated/α-hetero) is 1. The Labute approximate surface area is 129 Å². The summed E-state index contributed by atoms with van der Waals surface area (Å²) >= 11 is 0. The standard InChI is InChI=1S/C18H17N3O/c22-16-9-3-8-15-17(16)18(12-5-4-10-19-11-12)21-14-7-2-1-6-13(14)20-15/h1-2,4-7,10-11,18,20-21H,3,8-9H2/t18-/m1/s1. The Hall–Kier alpha value is -2.62. The molecule has 22 heavy (non-hydrogen) atoms. The van der Waals surface area contributed by atoms with Gasteiger partial charge in [0.1, 0.15) is 0 Å². The zero-order valence-electron chi connectivity index (χ0n) is 12.2. The van der Waals surface area contributed by atoms with Crippen molar-refractivity contribution in [3.63, 3.8) is 0 Å².